The smallest absolute Gasteiger partial charge is 0.327 e. The first-order valence-corrected chi connectivity index (χ1v) is 4.65. The molecule has 2 rings (SSSR count). The van der Waals surface area contributed by atoms with E-state index in [-0.39, 0.29) is 5.82 Å². The van der Waals surface area contributed by atoms with Crippen LogP contribution >= 0.6 is 11.6 Å². The number of aromatic nitrogens is 2. The highest BCUT2D eigenvalue weighted by Crippen LogP contribution is 2.31. The third-order valence-corrected chi connectivity index (χ3v) is 2.23. The molecule has 0 aliphatic heterocycles. The van der Waals surface area contributed by atoms with Crippen LogP contribution in [0.5, 0.6) is 0 Å². The number of carbonyl (C=O) groups excluding carboxylic acids is 1. The second-order valence-electron chi connectivity index (χ2n) is 2.87. The molecule has 0 spiro atoms. The molecule has 16 heavy (non-hydrogen) atoms. The van der Waals surface area contributed by atoms with Crippen molar-refractivity contribution in [3.8, 4) is 11.4 Å². The summed E-state index contributed by atoms with van der Waals surface area (Å²) in [6.07, 6.45) is 0.489. The van der Waals surface area contributed by atoms with Gasteiger partial charge in [-0.3, -0.25) is 14.3 Å². The predicted octanol–water partition coefficient (Wildman–Crippen LogP) is 1.25. The zero-order valence-corrected chi connectivity index (χ0v) is 8.62. The quantitative estimate of drug-likeness (QED) is 0.789. The van der Waals surface area contributed by atoms with Crippen LogP contribution in [0.25, 0.3) is 11.4 Å². The molecule has 0 bridgehead atoms. The average molecular weight is 240 g/mol. The Kier molecular flexibility index (Phi) is 2.74. The van der Waals surface area contributed by atoms with Crippen LogP contribution in [0.2, 0.25) is 5.02 Å². The van der Waals surface area contributed by atoms with Crippen molar-refractivity contribution in [2.45, 2.75) is 0 Å². The summed E-state index contributed by atoms with van der Waals surface area (Å²) < 4.78 is 4.37. The number of nitrogens with zero attached hydrogens (tertiary/aromatic N) is 1. The van der Waals surface area contributed by atoms with Crippen LogP contribution in [0.3, 0.4) is 0 Å². The number of rotatable bonds is 3. The van der Waals surface area contributed by atoms with E-state index in [9.17, 15) is 9.59 Å². The van der Waals surface area contributed by atoms with Gasteiger partial charge in [0.2, 0.25) is 6.41 Å². The Labute approximate surface area is 94.2 Å². The summed E-state index contributed by atoms with van der Waals surface area (Å²) in [6, 6.07) is 4.92. The molecular weight excluding hydrogens is 234 g/mol. The first-order valence-electron chi connectivity index (χ1n) is 4.27. The molecule has 1 heterocycles. The molecule has 6 nitrogen and oxygen atoms in total. The number of aromatic amines is 1. The molecule has 2 N–H and O–H groups in total. The molecule has 2 aromatic rings. The van der Waals surface area contributed by atoms with Crippen molar-refractivity contribution in [3.05, 3.63) is 33.8 Å². The zero-order valence-electron chi connectivity index (χ0n) is 7.86. The fraction of sp³-hybridized carbons (Fsp3) is 0. The van der Waals surface area contributed by atoms with Gasteiger partial charge in [0, 0.05) is 5.56 Å². The number of para-hydroxylation sites is 1. The number of halogens is 1. The maximum atomic E-state index is 10.8. The Bertz CT molecular complexity index is 575. The summed E-state index contributed by atoms with van der Waals surface area (Å²) in [5.41, 5.74) is 0.842. The molecule has 1 aromatic carbocycles. The Morgan fingerprint density at radius 3 is 2.94 bits per heavy atom. The first-order chi connectivity index (χ1) is 7.72. The van der Waals surface area contributed by atoms with Crippen molar-refractivity contribution in [1.82, 2.24) is 10.1 Å². The van der Waals surface area contributed by atoms with Crippen LogP contribution in [0, 0.1) is 0 Å². The van der Waals surface area contributed by atoms with Gasteiger partial charge in [-0.25, -0.2) is 4.79 Å². The van der Waals surface area contributed by atoms with Gasteiger partial charge in [0.25, 0.3) is 0 Å². The molecule has 0 aliphatic carbocycles. The maximum absolute atomic E-state index is 10.8. The van der Waals surface area contributed by atoms with Crippen LogP contribution in [0.15, 0.2) is 27.5 Å². The van der Waals surface area contributed by atoms with E-state index in [1.807, 2.05) is 0 Å². The summed E-state index contributed by atoms with van der Waals surface area (Å²) >= 11 is 5.89. The lowest BCUT2D eigenvalue weighted by Crippen LogP contribution is -1.99. The number of H-pyrrole nitrogens is 1. The molecule has 82 valence electrons. The van der Waals surface area contributed by atoms with E-state index in [2.05, 4.69) is 20.0 Å². The van der Waals surface area contributed by atoms with E-state index in [4.69, 9.17) is 11.6 Å². The number of benzene rings is 1. The molecule has 7 heteroatoms. The van der Waals surface area contributed by atoms with Gasteiger partial charge in [-0.1, -0.05) is 22.8 Å². The fourth-order valence-corrected chi connectivity index (χ4v) is 1.50. The highest BCUT2D eigenvalue weighted by atomic mass is 35.5. The third-order valence-electron chi connectivity index (χ3n) is 1.91. The van der Waals surface area contributed by atoms with Gasteiger partial charge in [-0.05, 0) is 12.1 Å². The van der Waals surface area contributed by atoms with Gasteiger partial charge >= 0.3 is 5.76 Å². The lowest BCUT2D eigenvalue weighted by atomic mass is 10.1. The van der Waals surface area contributed by atoms with Crippen LogP contribution in [-0.4, -0.2) is 16.6 Å². The van der Waals surface area contributed by atoms with Crippen molar-refractivity contribution >= 4 is 23.7 Å². The van der Waals surface area contributed by atoms with Gasteiger partial charge in [0.1, 0.15) is 0 Å². The van der Waals surface area contributed by atoms with Gasteiger partial charge in [0.15, 0.2) is 5.82 Å². The number of amides is 1. The molecule has 1 amide bonds. The van der Waals surface area contributed by atoms with Gasteiger partial charge < -0.3 is 5.32 Å². The van der Waals surface area contributed by atoms with Gasteiger partial charge in [-0.15, -0.1) is 0 Å². The van der Waals surface area contributed by atoms with Crippen molar-refractivity contribution in [2.24, 2.45) is 0 Å². The summed E-state index contributed by atoms with van der Waals surface area (Å²) in [5, 5.41) is 6.29. The molecule has 0 atom stereocenters. The van der Waals surface area contributed by atoms with Crippen molar-refractivity contribution in [3.63, 3.8) is 0 Å². The number of hydrogen-bond acceptors (Lipinski definition) is 4. The van der Waals surface area contributed by atoms with Crippen LogP contribution < -0.4 is 11.1 Å². The topological polar surface area (TPSA) is 88.0 Å². The molecule has 1 aromatic heterocycles. The average Bonchev–Trinajstić information content (AvgIpc) is 2.68. The normalized spacial score (nSPS) is 10.1. The largest absolute Gasteiger partial charge is 0.439 e. The van der Waals surface area contributed by atoms with E-state index in [1.165, 1.54) is 0 Å². The van der Waals surface area contributed by atoms with Gasteiger partial charge in [-0.2, -0.15) is 0 Å². The van der Waals surface area contributed by atoms with E-state index < -0.39 is 5.76 Å². The van der Waals surface area contributed by atoms with Gasteiger partial charge in [0.05, 0.1) is 10.7 Å². The number of nitrogens with one attached hydrogen (secondary N) is 2. The Morgan fingerprint density at radius 2 is 2.31 bits per heavy atom. The molecular formula is C9H6ClN3O3. The first kappa shape index (κ1) is 10.4. The molecule has 0 unspecified atom stereocenters. The standard InChI is InChI=1S/C9H6ClN3O3/c10-6-3-1-2-5(7(6)11-4-14)8-12-9(15)16-13-8/h1-4H,(H,11,14)(H,12,13,15). The van der Waals surface area contributed by atoms with Crippen molar-refractivity contribution in [1.29, 1.82) is 0 Å². The minimum absolute atomic E-state index is 0.205. The third kappa shape index (κ3) is 1.82. The monoisotopic (exact) mass is 239 g/mol. The second kappa shape index (κ2) is 4.19. The van der Waals surface area contributed by atoms with Crippen LogP contribution in [0.1, 0.15) is 0 Å². The highest BCUT2D eigenvalue weighted by molar-refractivity contribution is 6.34. The zero-order chi connectivity index (χ0) is 11.5. The lowest BCUT2D eigenvalue weighted by molar-refractivity contribution is -0.105. The summed E-state index contributed by atoms with van der Waals surface area (Å²) in [4.78, 5) is 23.6. The lowest BCUT2D eigenvalue weighted by Gasteiger charge is -2.06. The Hall–Kier alpha value is -2.08. The van der Waals surface area contributed by atoms with Crippen LogP contribution in [-0.2, 0) is 4.79 Å². The second-order valence-corrected chi connectivity index (χ2v) is 3.28. The molecule has 0 radical (unpaired) electrons. The number of carbonyl (C=O) groups is 1. The molecule has 0 aliphatic rings. The fourth-order valence-electron chi connectivity index (χ4n) is 1.27. The number of hydrogen-bond donors (Lipinski definition) is 2. The van der Waals surface area contributed by atoms with E-state index in [0.717, 1.165) is 0 Å². The minimum Gasteiger partial charge on any atom is -0.327 e. The Morgan fingerprint density at radius 1 is 1.50 bits per heavy atom. The van der Waals surface area contributed by atoms with E-state index in [0.29, 0.717) is 22.7 Å². The summed E-state index contributed by atoms with van der Waals surface area (Å²) in [6.45, 7) is 0. The summed E-state index contributed by atoms with van der Waals surface area (Å²) in [7, 11) is 0. The van der Waals surface area contributed by atoms with Crippen LogP contribution in [0.4, 0.5) is 5.69 Å². The molecule has 0 fully saturated rings. The SMILES string of the molecule is O=CNc1c(Cl)cccc1-c1noc(=O)[nH]1. The van der Waals surface area contributed by atoms with Crippen molar-refractivity contribution < 1.29 is 9.32 Å². The number of anilines is 1. The van der Waals surface area contributed by atoms with E-state index in [1.54, 1.807) is 18.2 Å². The highest BCUT2D eigenvalue weighted by Gasteiger charge is 2.12. The Balaban J connectivity index is 2.59. The summed E-state index contributed by atoms with van der Waals surface area (Å²) in [5.74, 6) is -0.469. The minimum atomic E-state index is -0.674. The van der Waals surface area contributed by atoms with E-state index >= 15 is 0 Å². The molecule has 0 saturated carbocycles. The maximum Gasteiger partial charge on any atom is 0.439 e. The predicted molar refractivity (Wildman–Crippen MR) is 57.3 cm³/mol. The van der Waals surface area contributed by atoms with Crippen molar-refractivity contribution in [2.75, 3.05) is 5.32 Å². The molecule has 0 saturated heterocycles.